The first-order valence-corrected chi connectivity index (χ1v) is 7.44. The molecule has 0 spiro atoms. The van der Waals surface area contributed by atoms with Crippen molar-refractivity contribution < 1.29 is 4.79 Å². The Bertz CT molecular complexity index is 664. The van der Waals surface area contributed by atoms with E-state index in [1.165, 1.54) is 17.5 Å². The molecule has 2 aromatic rings. The number of hydrogen-bond acceptors (Lipinski definition) is 1. The van der Waals surface area contributed by atoms with E-state index in [1.807, 2.05) is 18.2 Å². The van der Waals surface area contributed by atoms with Gasteiger partial charge in [-0.1, -0.05) is 39.7 Å². The SMILES string of the molecule is O=C(c1ccc2c(c1)CCC2)c1ccc(Br)cc1Cl. The number of benzene rings is 2. The highest BCUT2D eigenvalue weighted by Crippen LogP contribution is 2.27. The Kier molecular flexibility index (Phi) is 3.46. The molecule has 1 aliphatic carbocycles. The first-order chi connectivity index (χ1) is 9.15. The first-order valence-electron chi connectivity index (χ1n) is 6.27. The van der Waals surface area contributed by atoms with Gasteiger partial charge in [0, 0.05) is 15.6 Å². The van der Waals surface area contributed by atoms with Crippen LogP contribution >= 0.6 is 27.5 Å². The van der Waals surface area contributed by atoms with E-state index < -0.39 is 0 Å². The van der Waals surface area contributed by atoms with E-state index in [4.69, 9.17) is 11.6 Å². The van der Waals surface area contributed by atoms with Crippen LogP contribution in [0.2, 0.25) is 5.02 Å². The van der Waals surface area contributed by atoms with Gasteiger partial charge in [0.05, 0.1) is 5.02 Å². The summed E-state index contributed by atoms with van der Waals surface area (Å²) in [6.07, 6.45) is 3.39. The molecule has 0 unspecified atom stereocenters. The zero-order valence-corrected chi connectivity index (χ0v) is 12.6. The van der Waals surface area contributed by atoms with Crippen molar-refractivity contribution in [3.05, 3.63) is 68.1 Å². The van der Waals surface area contributed by atoms with E-state index in [9.17, 15) is 4.79 Å². The van der Waals surface area contributed by atoms with Crippen LogP contribution < -0.4 is 0 Å². The fourth-order valence-corrected chi connectivity index (χ4v) is 3.30. The van der Waals surface area contributed by atoms with Crippen molar-refractivity contribution in [2.24, 2.45) is 0 Å². The third kappa shape index (κ3) is 2.47. The molecule has 3 heteroatoms. The van der Waals surface area contributed by atoms with E-state index in [0.717, 1.165) is 22.9 Å². The third-order valence-electron chi connectivity index (χ3n) is 3.54. The number of hydrogen-bond donors (Lipinski definition) is 0. The van der Waals surface area contributed by atoms with Gasteiger partial charge in [0.25, 0.3) is 0 Å². The highest BCUT2D eigenvalue weighted by atomic mass is 79.9. The minimum atomic E-state index is -0.00722. The van der Waals surface area contributed by atoms with Crippen LogP contribution in [-0.4, -0.2) is 5.78 Å². The largest absolute Gasteiger partial charge is 0.289 e. The van der Waals surface area contributed by atoms with E-state index in [0.29, 0.717) is 10.6 Å². The molecule has 0 saturated carbocycles. The molecule has 0 fully saturated rings. The highest BCUT2D eigenvalue weighted by Gasteiger charge is 2.17. The standard InChI is InChI=1S/C16H12BrClO/c17-13-6-7-14(15(18)9-13)16(19)12-5-4-10-2-1-3-11(10)8-12/h4-9H,1-3H2. The van der Waals surface area contributed by atoms with Crippen LogP contribution in [0.15, 0.2) is 40.9 Å². The second kappa shape index (κ2) is 5.10. The van der Waals surface area contributed by atoms with Gasteiger partial charge >= 0.3 is 0 Å². The summed E-state index contributed by atoms with van der Waals surface area (Å²) < 4.78 is 0.878. The maximum absolute atomic E-state index is 12.5. The Morgan fingerprint density at radius 3 is 2.63 bits per heavy atom. The Morgan fingerprint density at radius 1 is 1.05 bits per heavy atom. The maximum Gasteiger partial charge on any atom is 0.194 e. The molecule has 2 aromatic carbocycles. The van der Waals surface area contributed by atoms with Crippen molar-refractivity contribution in [1.82, 2.24) is 0 Å². The number of rotatable bonds is 2. The smallest absolute Gasteiger partial charge is 0.194 e. The Balaban J connectivity index is 2.00. The first kappa shape index (κ1) is 12.9. The molecule has 0 heterocycles. The molecule has 0 bridgehead atoms. The number of carbonyl (C=O) groups is 1. The van der Waals surface area contributed by atoms with Crippen molar-refractivity contribution >= 4 is 33.3 Å². The molecule has 0 N–H and O–H groups in total. The quantitative estimate of drug-likeness (QED) is 0.719. The van der Waals surface area contributed by atoms with Crippen LogP contribution in [0.25, 0.3) is 0 Å². The lowest BCUT2D eigenvalue weighted by Crippen LogP contribution is -2.03. The van der Waals surface area contributed by atoms with Crippen molar-refractivity contribution in [1.29, 1.82) is 0 Å². The zero-order valence-electron chi connectivity index (χ0n) is 10.2. The molecule has 0 aliphatic heterocycles. The summed E-state index contributed by atoms with van der Waals surface area (Å²) in [4.78, 5) is 12.5. The molecular weight excluding hydrogens is 324 g/mol. The van der Waals surface area contributed by atoms with Gasteiger partial charge in [-0.3, -0.25) is 4.79 Å². The van der Waals surface area contributed by atoms with Gasteiger partial charge in [-0.15, -0.1) is 0 Å². The van der Waals surface area contributed by atoms with E-state index >= 15 is 0 Å². The van der Waals surface area contributed by atoms with Crippen molar-refractivity contribution in [3.8, 4) is 0 Å². The normalized spacial score (nSPS) is 13.4. The molecule has 0 radical (unpaired) electrons. The second-order valence-corrected chi connectivity index (χ2v) is 6.11. The predicted molar refractivity (Wildman–Crippen MR) is 81.1 cm³/mol. The summed E-state index contributed by atoms with van der Waals surface area (Å²) in [6.45, 7) is 0. The molecule has 0 saturated heterocycles. The van der Waals surface area contributed by atoms with E-state index in [-0.39, 0.29) is 5.78 Å². The van der Waals surface area contributed by atoms with Crippen molar-refractivity contribution in [2.75, 3.05) is 0 Å². The van der Waals surface area contributed by atoms with Gasteiger partial charge in [0.2, 0.25) is 0 Å². The second-order valence-electron chi connectivity index (χ2n) is 4.79. The third-order valence-corrected chi connectivity index (χ3v) is 4.34. The number of aryl methyl sites for hydroxylation is 2. The maximum atomic E-state index is 12.5. The lowest BCUT2D eigenvalue weighted by atomic mass is 9.99. The highest BCUT2D eigenvalue weighted by molar-refractivity contribution is 9.10. The van der Waals surface area contributed by atoms with Gasteiger partial charge in [0.15, 0.2) is 5.78 Å². The van der Waals surface area contributed by atoms with Gasteiger partial charge in [-0.25, -0.2) is 0 Å². The van der Waals surface area contributed by atoms with Gasteiger partial charge in [0.1, 0.15) is 0 Å². The topological polar surface area (TPSA) is 17.1 Å². The van der Waals surface area contributed by atoms with Crippen molar-refractivity contribution in [2.45, 2.75) is 19.3 Å². The Labute approximate surface area is 125 Å². The molecule has 0 aromatic heterocycles. The van der Waals surface area contributed by atoms with E-state index in [2.05, 4.69) is 22.0 Å². The van der Waals surface area contributed by atoms with Gasteiger partial charge < -0.3 is 0 Å². The van der Waals surface area contributed by atoms with Gasteiger partial charge in [-0.05, 0) is 54.7 Å². The molecule has 3 rings (SSSR count). The number of ketones is 1. The van der Waals surface area contributed by atoms with Crippen LogP contribution in [0.4, 0.5) is 0 Å². The Hall–Kier alpha value is -1.12. The number of carbonyl (C=O) groups excluding carboxylic acids is 1. The predicted octanol–water partition coefficient (Wildman–Crippen LogP) is 4.82. The van der Waals surface area contributed by atoms with Crippen LogP contribution in [0.3, 0.4) is 0 Å². The lowest BCUT2D eigenvalue weighted by molar-refractivity contribution is 0.103. The minimum Gasteiger partial charge on any atom is -0.289 e. The average Bonchev–Trinajstić information content (AvgIpc) is 2.85. The average molecular weight is 336 g/mol. The Morgan fingerprint density at radius 2 is 1.84 bits per heavy atom. The molecule has 96 valence electrons. The summed E-state index contributed by atoms with van der Waals surface area (Å²) in [7, 11) is 0. The number of fused-ring (bicyclic) bond motifs is 1. The van der Waals surface area contributed by atoms with Gasteiger partial charge in [-0.2, -0.15) is 0 Å². The molecule has 0 amide bonds. The fourth-order valence-electron chi connectivity index (χ4n) is 2.54. The lowest BCUT2D eigenvalue weighted by Gasteiger charge is -2.06. The van der Waals surface area contributed by atoms with E-state index in [1.54, 1.807) is 12.1 Å². The summed E-state index contributed by atoms with van der Waals surface area (Å²) in [6, 6.07) is 11.4. The fraction of sp³-hybridized carbons (Fsp3) is 0.188. The van der Waals surface area contributed by atoms with Crippen LogP contribution in [0, 0.1) is 0 Å². The summed E-state index contributed by atoms with van der Waals surface area (Å²) in [5.74, 6) is -0.00722. The molecule has 1 nitrogen and oxygen atoms in total. The monoisotopic (exact) mass is 334 g/mol. The summed E-state index contributed by atoms with van der Waals surface area (Å²) in [5.41, 5.74) is 3.96. The molecule has 0 atom stereocenters. The summed E-state index contributed by atoms with van der Waals surface area (Å²) in [5, 5.41) is 0.486. The minimum absolute atomic E-state index is 0.00722. The van der Waals surface area contributed by atoms with Crippen LogP contribution in [0.1, 0.15) is 33.5 Å². The van der Waals surface area contributed by atoms with Crippen LogP contribution in [-0.2, 0) is 12.8 Å². The number of halogens is 2. The zero-order chi connectivity index (χ0) is 13.4. The molecular formula is C16H12BrClO. The summed E-state index contributed by atoms with van der Waals surface area (Å²) >= 11 is 9.49. The van der Waals surface area contributed by atoms with Crippen molar-refractivity contribution in [3.63, 3.8) is 0 Å². The molecule has 19 heavy (non-hydrogen) atoms. The van der Waals surface area contributed by atoms with Crippen LogP contribution in [0.5, 0.6) is 0 Å². The molecule has 1 aliphatic rings.